The summed E-state index contributed by atoms with van der Waals surface area (Å²) < 4.78 is 0. The van der Waals surface area contributed by atoms with Crippen molar-refractivity contribution in [2.24, 2.45) is 0 Å². The lowest BCUT2D eigenvalue weighted by atomic mass is 10.3. The van der Waals surface area contributed by atoms with Gasteiger partial charge in [-0.2, -0.15) is 0 Å². The van der Waals surface area contributed by atoms with E-state index >= 15 is 0 Å². The van der Waals surface area contributed by atoms with Gasteiger partial charge in [-0.25, -0.2) is 0 Å². The highest BCUT2D eigenvalue weighted by Crippen LogP contribution is 2.33. The summed E-state index contributed by atoms with van der Waals surface area (Å²) in [5.41, 5.74) is 1.14. The van der Waals surface area contributed by atoms with Gasteiger partial charge >= 0.3 is 5.97 Å². The fourth-order valence-electron chi connectivity index (χ4n) is 1.39. The van der Waals surface area contributed by atoms with Gasteiger partial charge in [-0.3, -0.25) is 19.7 Å². The summed E-state index contributed by atoms with van der Waals surface area (Å²) in [4.78, 5) is 23.6. The van der Waals surface area contributed by atoms with Gasteiger partial charge in [-0.1, -0.05) is 11.6 Å². The molecule has 0 atom stereocenters. The number of pyridine rings is 1. The molecule has 0 aliphatic heterocycles. The maximum atomic E-state index is 10.5. The normalized spacial score (nSPS) is 10.4. The molecule has 0 aliphatic carbocycles. The zero-order valence-electron chi connectivity index (χ0n) is 9.78. The Bertz CT molecular complexity index is 580. The van der Waals surface area contributed by atoms with E-state index in [1.165, 1.54) is 11.8 Å². The van der Waals surface area contributed by atoms with Crippen molar-refractivity contribution in [2.45, 2.75) is 11.3 Å². The van der Waals surface area contributed by atoms with Crippen LogP contribution >= 0.6 is 23.4 Å². The summed E-state index contributed by atoms with van der Waals surface area (Å²) >= 11 is 7.64. The molecule has 98 valence electrons. The number of nitrogens with zero attached hydrogens (tertiary/aromatic N) is 3. The summed E-state index contributed by atoms with van der Waals surface area (Å²) in [6, 6.07) is 1.76. The van der Waals surface area contributed by atoms with Crippen molar-refractivity contribution in [3.05, 3.63) is 35.9 Å². The molecule has 0 amide bonds. The van der Waals surface area contributed by atoms with Crippen LogP contribution in [0.4, 0.5) is 0 Å². The molecule has 2 heterocycles. The number of hydrogen-bond acceptors (Lipinski definition) is 5. The van der Waals surface area contributed by atoms with Crippen LogP contribution in [0.1, 0.15) is 6.42 Å². The molecule has 0 aliphatic rings. The fraction of sp³-hybridized carbons (Fsp3) is 0.167. The van der Waals surface area contributed by atoms with E-state index in [-0.39, 0.29) is 6.42 Å². The summed E-state index contributed by atoms with van der Waals surface area (Å²) in [6.07, 6.45) is 6.43. The molecule has 7 heteroatoms. The second-order valence-corrected chi connectivity index (χ2v) is 5.07. The van der Waals surface area contributed by atoms with Gasteiger partial charge in [0.25, 0.3) is 0 Å². The number of carbonyl (C=O) groups is 1. The van der Waals surface area contributed by atoms with Crippen molar-refractivity contribution in [2.75, 3.05) is 5.75 Å². The van der Waals surface area contributed by atoms with Gasteiger partial charge in [-0.05, 0) is 6.07 Å². The minimum Gasteiger partial charge on any atom is -0.481 e. The van der Waals surface area contributed by atoms with Crippen molar-refractivity contribution in [3.63, 3.8) is 0 Å². The molecule has 1 N–H and O–H groups in total. The number of carboxylic acid groups (broad SMARTS) is 1. The average Bonchev–Trinajstić information content (AvgIpc) is 2.41. The van der Waals surface area contributed by atoms with E-state index in [2.05, 4.69) is 15.0 Å². The van der Waals surface area contributed by atoms with Crippen molar-refractivity contribution in [3.8, 4) is 11.4 Å². The Balaban J connectivity index is 2.21. The summed E-state index contributed by atoms with van der Waals surface area (Å²) in [5.74, 6) is -0.370. The van der Waals surface area contributed by atoms with Crippen LogP contribution in [0.2, 0.25) is 5.02 Å². The molecule has 0 spiro atoms. The van der Waals surface area contributed by atoms with Crippen molar-refractivity contribution < 1.29 is 9.90 Å². The molecule has 0 saturated heterocycles. The lowest BCUT2D eigenvalue weighted by Crippen LogP contribution is -1.96. The topological polar surface area (TPSA) is 76.0 Å². The number of halogens is 1. The van der Waals surface area contributed by atoms with Gasteiger partial charge in [-0.15, -0.1) is 11.8 Å². The van der Waals surface area contributed by atoms with Crippen LogP contribution in [0, 0.1) is 0 Å². The number of aliphatic carboxylic acids is 1. The standard InChI is InChI=1S/C12H10ClN3O2S/c13-11-9(19-6-2-10(17)18)1-3-16-12(11)8-7-14-4-5-15-8/h1,3-5,7H,2,6H2,(H,17,18). The van der Waals surface area contributed by atoms with Crippen LogP contribution in [0.3, 0.4) is 0 Å². The number of aromatic nitrogens is 3. The second-order valence-electron chi connectivity index (χ2n) is 3.55. The molecule has 0 aromatic carbocycles. The first-order valence-corrected chi connectivity index (χ1v) is 6.80. The number of thioether (sulfide) groups is 1. The summed E-state index contributed by atoms with van der Waals surface area (Å²) in [7, 11) is 0. The average molecular weight is 296 g/mol. The van der Waals surface area contributed by atoms with Crippen LogP contribution in [0.15, 0.2) is 35.7 Å². The first kappa shape index (κ1) is 13.8. The molecule has 0 radical (unpaired) electrons. The highest BCUT2D eigenvalue weighted by atomic mass is 35.5. The third-order valence-electron chi connectivity index (χ3n) is 2.23. The number of hydrogen-bond donors (Lipinski definition) is 1. The Morgan fingerprint density at radius 3 is 2.84 bits per heavy atom. The Labute approximate surface area is 119 Å². The first-order chi connectivity index (χ1) is 9.18. The highest BCUT2D eigenvalue weighted by molar-refractivity contribution is 7.99. The molecule has 2 aromatic rings. The monoisotopic (exact) mass is 295 g/mol. The molecule has 5 nitrogen and oxygen atoms in total. The van der Waals surface area contributed by atoms with Crippen LogP contribution in [-0.4, -0.2) is 31.8 Å². The van der Waals surface area contributed by atoms with E-state index in [4.69, 9.17) is 16.7 Å². The minimum atomic E-state index is -0.827. The molecule has 2 aromatic heterocycles. The van der Waals surface area contributed by atoms with E-state index in [0.717, 1.165) is 4.90 Å². The van der Waals surface area contributed by atoms with Gasteiger partial charge in [0.2, 0.25) is 0 Å². The molecule has 19 heavy (non-hydrogen) atoms. The van der Waals surface area contributed by atoms with Crippen LogP contribution in [-0.2, 0) is 4.79 Å². The Morgan fingerprint density at radius 2 is 2.16 bits per heavy atom. The lowest BCUT2D eigenvalue weighted by Gasteiger charge is -2.07. The first-order valence-electron chi connectivity index (χ1n) is 5.44. The maximum Gasteiger partial charge on any atom is 0.304 e. The second kappa shape index (κ2) is 6.49. The predicted molar refractivity (Wildman–Crippen MR) is 73.2 cm³/mol. The fourth-order valence-corrected chi connectivity index (χ4v) is 2.64. The molecule has 0 unspecified atom stereocenters. The predicted octanol–water partition coefficient (Wildman–Crippen LogP) is 2.76. The largest absolute Gasteiger partial charge is 0.481 e. The molecule has 0 bridgehead atoms. The molecular formula is C12H10ClN3O2S. The molecule has 0 fully saturated rings. The maximum absolute atomic E-state index is 10.5. The smallest absolute Gasteiger partial charge is 0.304 e. The Kier molecular flexibility index (Phi) is 4.70. The van der Waals surface area contributed by atoms with Gasteiger partial charge < -0.3 is 5.11 Å². The molecule has 0 saturated carbocycles. The third-order valence-corrected chi connectivity index (χ3v) is 3.79. The van der Waals surface area contributed by atoms with Crippen LogP contribution in [0.25, 0.3) is 11.4 Å². The van der Waals surface area contributed by atoms with Crippen molar-refractivity contribution in [1.29, 1.82) is 0 Å². The van der Waals surface area contributed by atoms with E-state index in [0.29, 0.717) is 22.2 Å². The lowest BCUT2D eigenvalue weighted by molar-refractivity contribution is -0.136. The van der Waals surface area contributed by atoms with Gasteiger partial charge in [0.05, 0.1) is 17.6 Å². The van der Waals surface area contributed by atoms with Crippen LogP contribution < -0.4 is 0 Å². The summed E-state index contributed by atoms with van der Waals surface area (Å²) in [6.45, 7) is 0. The Hall–Kier alpha value is -1.66. The number of carboxylic acids is 1. The summed E-state index contributed by atoms with van der Waals surface area (Å²) in [5, 5.41) is 9.09. The van der Waals surface area contributed by atoms with Gasteiger partial charge in [0.1, 0.15) is 11.4 Å². The quantitative estimate of drug-likeness (QED) is 0.855. The Morgan fingerprint density at radius 1 is 1.32 bits per heavy atom. The van der Waals surface area contributed by atoms with E-state index < -0.39 is 5.97 Å². The highest BCUT2D eigenvalue weighted by Gasteiger charge is 2.11. The zero-order chi connectivity index (χ0) is 13.7. The van der Waals surface area contributed by atoms with Crippen LogP contribution in [0.5, 0.6) is 0 Å². The minimum absolute atomic E-state index is 0.0871. The van der Waals surface area contributed by atoms with Gasteiger partial charge in [0, 0.05) is 29.2 Å². The zero-order valence-corrected chi connectivity index (χ0v) is 11.4. The molecule has 2 rings (SSSR count). The third kappa shape index (κ3) is 3.65. The van der Waals surface area contributed by atoms with Gasteiger partial charge in [0.15, 0.2) is 0 Å². The number of rotatable bonds is 5. The van der Waals surface area contributed by atoms with E-state index in [9.17, 15) is 4.79 Å². The van der Waals surface area contributed by atoms with E-state index in [1.807, 2.05) is 0 Å². The van der Waals surface area contributed by atoms with E-state index in [1.54, 1.807) is 30.9 Å². The van der Waals surface area contributed by atoms with Crippen molar-refractivity contribution >= 4 is 29.3 Å². The van der Waals surface area contributed by atoms with Crippen molar-refractivity contribution in [1.82, 2.24) is 15.0 Å². The molecular weight excluding hydrogens is 286 g/mol. The SMILES string of the molecule is O=C(O)CCSc1ccnc(-c2cnccn2)c1Cl.